The summed E-state index contributed by atoms with van der Waals surface area (Å²) in [5, 5.41) is 2.74. The quantitative estimate of drug-likeness (QED) is 0.767. The van der Waals surface area contributed by atoms with Gasteiger partial charge < -0.3 is 16.0 Å². The van der Waals surface area contributed by atoms with Gasteiger partial charge in [-0.15, -0.1) is 12.4 Å². The fourth-order valence-electron chi connectivity index (χ4n) is 2.78. The number of rotatable bonds is 2. The Bertz CT molecular complexity index is 322. The maximum atomic E-state index is 12.3. The molecule has 3 N–H and O–H groups in total. The summed E-state index contributed by atoms with van der Waals surface area (Å²) >= 11 is 0. The average molecular weight is 276 g/mol. The second-order valence-corrected chi connectivity index (χ2v) is 5.11. The van der Waals surface area contributed by atoms with Crippen LogP contribution in [-0.4, -0.2) is 41.4 Å². The highest BCUT2D eigenvalue weighted by Crippen LogP contribution is 2.21. The maximum Gasteiger partial charge on any atom is 0.245 e. The van der Waals surface area contributed by atoms with Gasteiger partial charge in [0.1, 0.15) is 6.04 Å². The standard InChI is InChI=1S/C12H21N3O2.ClH/c1-8(13)10-4-2-3-7-15(10)12(17)9-5-6-11(16)14-9;/h8-10H,2-7,13H2,1H3,(H,14,16);1H. The molecule has 3 unspecified atom stereocenters. The van der Waals surface area contributed by atoms with Crippen LogP contribution in [0.2, 0.25) is 0 Å². The van der Waals surface area contributed by atoms with E-state index in [2.05, 4.69) is 5.32 Å². The molecule has 0 bridgehead atoms. The molecule has 0 saturated carbocycles. The summed E-state index contributed by atoms with van der Waals surface area (Å²) in [5.41, 5.74) is 5.94. The number of piperidine rings is 1. The third kappa shape index (κ3) is 3.14. The maximum absolute atomic E-state index is 12.3. The number of amides is 2. The second kappa shape index (κ2) is 6.38. The summed E-state index contributed by atoms with van der Waals surface area (Å²) in [4.78, 5) is 25.3. The predicted molar refractivity (Wildman–Crippen MR) is 71.4 cm³/mol. The molecule has 3 atom stereocenters. The molecule has 2 amide bonds. The van der Waals surface area contributed by atoms with Gasteiger partial charge in [0, 0.05) is 25.0 Å². The summed E-state index contributed by atoms with van der Waals surface area (Å²) in [5.74, 6) is 0.0376. The van der Waals surface area contributed by atoms with Gasteiger partial charge in [-0.05, 0) is 32.6 Å². The van der Waals surface area contributed by atoms with E-state index in [-0.39, 0.29) is 42.3 Å². The number of carbonyl (C=O) groups excluding carboxylic acids is 2. The van der Waals surface area contributed by atoms with Gasteiger partial charge in [-0.25, -0.2) is 0 Å². The van der Waals surface area contributed by atoms with E-state index in [0.29, 0.717) is 12.8 Å². The molecule has 2 rings (SSSR count). The highest BCUT2D eigenvalue weighted by atomic mass is 35.5. The molecule has 6 heteroatoms. The van der Waals surface area contributed by atoms with Crippen LogP contribution in [0.1, 0.15) is 39.0 Å². The smallest absolute Gasteiger partial charge is 0.245 e. The first-order valence-electron chi connectivity index (χ1n) is 6.45. The molecule has 2 fully saturated rings. The van der Waals surface area contributed by atoms with Gasteiger partial charge in [-0.1, -0.05) is 0 Å². The number of likely N-dealkylation sites (tertiary alicyclic amines) is 1. The normalized spacial score (nSPS) is 29.4. The van der Waals surface area contributed by atoms with Gasteiger partial charge in [0.2, 0.25) is 11.8 Å². The molecule has 0 aromatic carbocycles. The first-order chi connectivity index (χ1) is 8.09. The van der Waals surface area contributed by atoms with E-state index in [1.807, 2.05) is 11.8 Å². The zero-order valence-electron chi connectivity index (χ0n) is 10.7. The second-order valence-electron chi connectivity index (χ2n) is 5.11. The molecule has 2 aliphatic rings. The lowest BCUT2D eigenvalue weighted by molar-refractivity contribution is -0.138. The van der Waals surface area contributed by atoms with Gasteiger partial charge in [-0.2, -0.15) is 0 Å². The minimum absolute atomic E-state index is 0. The van der Waals surface area contributed by atoms with Gasteiger partial charge in [0.05, 0.1) is 0 Å². The Kier molecular flexibility index (Phi) is 5.41. The van der Waals surface area contributed by atoms with Crippen molar-refractivity contribution in [2.75, 3.05) is 6.54 Å². The highest BCUT2D eigenvalue weighted by Gasteiger charge is 2.36. The van der Waals surface area contributed by atoms with Crippen molar-refractivity contribution in [1.82, 2.24) is 10.2 Å². The number of carbonyl (C=O) groups is 2. The number of nitrogens with one attached hydrogen (secondary N) is 1. The molecule has 18 heavy (non-hydrogen) atoms. The first-order valence-corrected chi connectivity index (χ1v) is 6.45. The molecule has 0 spiro atoms. The minimum atomic E-state index is -0.318. The molecule has 5 nitrogen and oxygen atoms in total. The van der Waals surface area contributed by atoms with Crippen LogP contribution in [0.5, 0.6) is 0 Å². The number of hydrogen-bond donors (Lipinski definition) is 2. The lowest BCUT2D eigenvalue weighted by Crippen LogP contribution is -2.56. The van der Waals surface area contributed by atoms with Gasteiger partial charge in [-0.3, -0.25) is 9.59 Å². The van der Waals surface area contributed by atoms with Crippen molar-refractivity contribution in [1.29, 1.82) is 0 Å². The predicted octanol–water partition coefficient (Wildman–Crippen LogP) is 0.415. The van der Waals surface area contributed by atoms with Crippen molar-refractivity contribution in [2.45, 2.75) is 57.2 Å². The third-order valence-corrected chi connectivity index (χ3v) is 3.73. The molecule has 0 radical (unpaired) electrons. The van der Waals surface area contributed by atoms with Gasteiger partial charge in [0.25, 0.3) is 0 Å². The van der Waals surface area contributed by atoms with Crippen LogP contribution in [0.25, 0.3) is 0 Å². The van der Waals surface area contributed by atoms with Crippen LogP contribution in [0.15, 0.2) is 0 Å². The minimum Gasteiger partial charge on any atom is -0.344 e. The van der Waals surface area contributed by atoms with Crippen molar-refractivity contribution >= 4 is 24.2 Å². The van der Waals surface area contributed by atoms with Crippen molar-refractivity contribution in [3.05, 3.63) is 0 Å². The van der Waals surface area contributed by atoms with Crippen molar-refractivity contribution in [3.8, 4) is 0 Å². The van der Waals surface area contributed by atoms with E-state index in [1.165, 1.54) is 0 Å². The van der Waals surface area contributed by atoms with Crippen molar-refractivity contribution in [3.63, 3.8) is 0 Å². The Morgan fingerprint density at radius 1 is 1.44 bits per heavy atom. The number of halogens is 1. The number of nitrogens with two attached hydrogens (primary N) is 1. The Labute approximate surface area is 114 Å². The Hall–Kier alpha value is -0.810. The molecule has 0 aliphatic carbocycles. The molecule has 0 aromatic heterocycles. The van der Waals surface area contributed by atoms with Gasteiger partial charge >= 0.3 is 0 Å². The van der Waals surface area contributed by atoms with Crippen LogP contribution < -0.4 is 11.1 Å². The van der Waals surface area contributed by atoms with Crippen LogP contribution in [-0.2, 0) is 9.59 Å². The zero-order valence-corrected chi connectivity index (χ0v) is 11.5. The summed E-state index contributed by atoms with van der Waals surface area (Å²) in [6.07, 6.45) is 4.24. The zero-order chi connectivity index (χ0) is 12.4. The monoisotopic (exact) mass is 275 g/mol. The van der Waals surface area contributed by atoms with E-state index in [0.717, 1.165) is 25.8 Å². The van der Waals surface area contributed by atoms with Crippen LogP contribution in [0, 0.1) is 0 Å². The molecular formula is C12H22ClN3O2. The SMILES string of the molecule is CC(N)C1CCCCN1C(=O)C1CCC(=O)N1.Cl. The van der Waals surface area contributed by atoms with E-state index in [4.69, 9.17) is 5.73 Å². The van der Waals surface area contributed by atoms with E-state index >= 15 is 0 Å². The lowest BCUT2D eigenvalue weighted by Gasteiger charge is -2.39. The third-order valence-electron chi connectivity index (χ3n) is 3.73. The molecule has 104 valence electrons. The Morgan fingerprint density at radius 2 is 2.17 bits per heavy atom. The molecule has 0 aromatic rings. The van der Waals surface area contributed by atoms with Crippen molar-refractivity contribution < 1.29 is 9.59 Å². The van der Waals surface area contributed by atoms with Crippen LogP contribution in [0.3, 0.4) is 0 Å². The first kappa shape index (κ1) is 15.2. The number of hydrogen-bond acceptors (Lipinski definition) is 3. The topological polar surface area (TPSA) is 75.4 Å². The summed E-state index contributed by atoms with van der Waals surface area (Å²) < 4.78 is 0. The van der Waals surface area contributed by atoms with E-state index < -0.39 is 0 Å². The molecule has 2 aliphatic heterocycles. The van der Waals surface area contributed by atoms with Crippen LogP contribution in [0.4, 0.5) is 0 Å². The van der Waals surface area contributed by atoms with E-state index in [1.54, 1.807) is 0 Å². The molecule has 2 saturated heterocycles. The average Bonchev–Trinajstić information content (AvgIpc) is 2.75. The lowest BCUT2D eigenvalue weighted by atomic mass is 9.96. The molecular weight excluding hydrogens is 254 g/mol. The summed E-state index contributed by atoms with van der Waals surface area (Å²) in [7, 11) is 0. The Balaban J connectivity index is 0.00000162. The Morgan fingerprint density at radius 3 is 2.72 bits per heavy atom. The summed E-state index contributed by atoms with van der Waals surface area (Å²) in [6, 6.07) is -0.188. The molecule has 2 heterocycles. The number of nitrogens with zero attached hydrogens (tertiary/aromatic N) is 1. The van der Waals surface area contributed by atoms with Gasteiger partial charge in [0.15, 0.2) is 0 Å². The summed E-state index contributed by atoms with van der Waals surface area (Å²) in [6.45, 7) is 2.72. The fourth-order valence-corrected chi connectivity index (χ4v) is 2.78. The van der Waals surface area contributed by atoms with Crippen molar-refractivity contribution in [2.24, 2.45) is 5.73 Å². The van der Waals surface area contributed by atoms with E-state index in [9.17, 15) is 9.59 Å². The van der Waals surface area contributed by atoms with Crippen LogP contribution >= 0.6 is 12.4 Å². The largest absolute Gasteiger partial charge is 0.344 e. The highest BCUT2D eigenvalue weighted by molar-refractivity contribution is 5.91. The fraction of sp³-hybridized carbons (Fsp3) is 0.833.